The minimum atomic E-state index is -5.79. The van der Waals surface area contributed by atoms with Gasteiger partial charge in [0.15, 0.2) is 0 Å². The van der Waals surface area contributed by atoms with Gasteiger partial charge in [-0.1, -0.05) is 37.1 Å². The summed E-state index contributed by atoms with van der Waals surface area (Å²) in [5.74, 6) is 0.167. The van der Waals surface area contributed by atoms with Crippen molar-refractivity contribution >= 4 is 26.0 Å². The average molecular weight is 821 g/mol. The minimum absolute atomic E-state index is 0.0681. The molecule has 6 atom stereocenters. The molecule has 2 aromatic rings. The molecule has 2 aliphatic heterocycles. The largest absolute Gasteiger partial charge is 0.534 e. The molecule has 0 aromatic heterocycles. The lowest BCUT2D eigenvalue weighted by Crippen LogP contribution is -2.61. The molecule has 55 heavy (non-hydrogen) atoms. The fourth-order valence-corrected chi connectivity index (χ4v) is 12.2. The molecular formula is C38H46F6N2O7S2. The van der Waals surface area contributed by atoms with Crippen LogP contribution in [-0.4, -0.2) is 82.7 Å². The SMILES string of the molecule is Cc1ccc2c(c1OS(=O)(=O)C(F)(F)F)[C@@]13CCCCC1[C@@H](C2)N(C)CC3.Cc1ccc2c(c1OS(=O)(=O)C(F)(F)F)[C@]13CCN(C)[C@H](C2)C1CCC(=O)C3. The van der Waals surface area contributed by atoms with Gasteiger partial charge in [0.2, 0.25) is 0 Å². The Bertz CT molecular complexity index is 2110. The van der Waals surface area contributed by atoms with Gasteiger partial charge in [-0.05, 0) is 120 Å². The van der Waals surface area contributed by atoms with E-state index in [0.29, 0.717) is 60.9 Å². The molecule has 17 heteroatoms. The number of hydrogen-bond donors (Lipinski definition) is 0. The standard InChI is InChI=1S/C19H22F3NO4S.C19H24F3NO3S/c1-11-3-4-12-9-15-14-6-5-13(24)10-18(14,7-8-23(15)2)16(12)17(11)27-28(25,26)19(20,21)22;1-12-6-7-13-11-15-14-5-3-4-8-18(14,9-10-23(15)2)16(13)17(12)26-27(24,25)19(20,21)22/h3-4,14-15H,5-10H2,1-2H3;6-7,14-15H,3-5,8-11H2,1-2H3/t14?,15-,18+;14?,15-,18-/m11/s1. The van der Waals surface area contributed by atoms with E-state index in [1.165, 1.54) is 0 Å². The van der Waals surface area contributed by atoms with Crippen molar-refractivity contribution in [2.45, 2.75) is 118 Å². The Morgan fingerprint density at radius 3 is 1.62 bits per heavy atom. The molecule has 2 saturated carbocycles. The Balaban J connectivity index is 0.000000169. The van der Waals surface area contributed by atoms with Gasteiger partial charge in [0.05, 0.1) is 0 Å². The summed E-state index contributed by atoms with van der Waals surface area (Å²) < 4.78 is 135. The van der Waals surface area contributed by atoms with Gasteiger partial charge in [-0.25, -0.2) is 0 Å². The summed E-state index contributed by atoms with van der Waals surface area (Å²) in [5.41, 5.74) is -8.18. The lowest BCUT2D eigenvalue weighted by Gasteiger charge is -2.58. The first kappa shape index (κ1) is 40.3. The summed E-state index contributed by atoms with van der Waals surface area (Å²) in [6, 6.07) is 7.58. The molecular weight excluding hydrogens is 775 g/mol. The van der Waals surface area contributed by atoms with E-state index in [4.69, 9.17) is 8.37 Å². The number of nitrogens with zero attached hydrogens (tertiary/aromatic N) is 2. The van der Waals surface area contributed by atoms with Crippen LogP contribution in [0.3, 0.4) is 0 Å². The van der Waals surface area contributed by atoms with E-state index >= 15 is 0 Å². The number of rotatable bonds is 4. The number of halogens is 6. The Hall–Kier alpha value is -2.89. The summed E-state index contributed by atoms with van der Waals surface area (Å²) >= 11 is 0. The van der Waals surface area contributed by atoms with Crippen LogP contribution in [0.2, 0.25) is 0 Å². The van der Waals surface area contributed by atoms with Crippen LogP contribution >= 0.6 is 0 Å². The predicted molar refractivity (Wildman–Crippen MR) is 191 cm³/mol. The average Bonchev–Trinajstić information content (AvgIpc) is 3.09. The third-order valence-electron chi connectivity index (χ3n) is 13.6. The zero-order valence-electron chi connectivity index (χ0n) is 31.1. The van der Waals surface area contributed by atoms with E-state index in [1.54, 1.807) is 26.0 Å². The van der Waals surface area contributed by atoms with Gasteiger partial charge >= 0.3 is 31.3 Å². The van der Waals surface area contributed by atoms with E-state index < -0.39 is 36.7 Å². The Morgan fingerprint density at radius 2 is 1.13 bits per heavy atom. The number of likely N-dealkylation sites (tertiary alicyclic amines) is 2. The summed E-state index contributed by atoms with van der Waals surface area (Å²) in [7, 11) is -7.36. The number of Topliss-reactive ketones (excluding diaryl/α,β-unsaturated/α-hetero) is 1. The van der Waals surface area contributed by atoms with Gasteiger partial charge in [0.1, 0.15) is 17.3 Å². The summed E-state index contributed by atoms with van der Waals surface area (Å²) in [6.07, 6.45) is 8.09. The topological polar surface area (TPSA) is 110 Å². The second kappa shape index (κ2) is 13.6. The van der Waals surface area contributed by atoms with Crippen LogP contribution in [0, 0.1) is 25.7 Å². The minimum Gasteiger partial charge on any atom is -0.375 e. The van der Waals surface area contributed by atoms with Crippen LogP contribution in [0.15, 0.2) is 24.3 Å². The van der Waals surface area contributed by atoms with Crippen LogP contribution in [0.1, 0.15) is 91.2 Å². The van der Waals surface area contributed by atoms with Crippen molar-refractivity contribution in [2.24, 2.45) is 11.8 Å². The number of benzene rings is 2. The molecule has 9 nitrogen and oxygen atoms in total. The molecule has 6 aliphatic rings. The molecule has 2 aromatic carbocycles. The molecule has 2 saturated heterocycles. The summed E-state index contributed by atoms with van der Waals surface area (Å²) in [5, 5.41) is 0. The van der Waals surface area contributed by atoms with E-state index in [0.717, 1.165) is 61.8 Å². The van der Waals surface area contributed by atoms with Crippen molar-refractivity contribution in [2.75, 3.05) is 27.2 Å². The number of carbonyl (C=O) groups is 1. The van der Waals surface area contributed by atoms with Gasteiger partial charge in [-0.2, -0.15) is 43.2 Å². The third kappa shape index (κ3) is 6.56. The van der Waals surface area contributed by atoms with Crippen molar-refractivity contribution in [3.63, 3.8) is 0 Å². The number of ketones is 1. The molecule has 2 heterocycles. The molecule has 0 amide bonds. The normalized spacial score (nSPS) is 30.8. The lowest BCUT2D eigenvalue weighted by atomic mass is 9.52. The van der Waals surface area contributed by atoms with Crippen LogP contribution in [0.4, 0.5) is 26.3 Å². The quantitative estimate of drug-likeness (QED) is 0.183. The molecule has 8 rings (SSSR count). The molecule has 2 unspecified atom stereocenters. The number of aryl methyl sites for hydroxylation is 2. The van der Waals surface area contributed by atoms with Crippen LogP contribution in [-0.2, 0) is 48.7 Å². The number of carbonyl (C=O) groups excluding carboxylic acids is 1. The Kier molecular flexibility index (Phi) is 9.97. The van der Waals surface area contributed by atoms with Gasteiger partial charge in [0.25, 0.3) is 0 Å². The monoisotopic (exact) mass is 820 g/mol. The van der Waals surface area contributed by atoms with Crippen molar-refractivity contribution < 1.29 is 56.3 Å². The fourth-order valence-electron chi connectivity index (χ4n) is 11.1. The zero-order valence-corrected chi connectivity index (χ0v) is 32.8. The highest BCUT2D eigenvalue weighted by Gasteiger charge is 2.59. The summed E-state index contributed by atoms with van der Waals surface area (Å²) in [4.78, 5) is 17.0. The van der Waals surface area contributed by atoms with E-state index in [2.05, 4.69) is 16.8 Å². The Morgan fingerprint density at radius 1 is 0.673 bits per heavy atom. The first-order chi connectivity index (χ1) is 25.5. The lowest BCUT2D eigenvalue weighted by molar-refractivity contribution is -0.127. The van der Waals surface area contributed by atoms with Crippen molar-refractivity contribution in [1.82, 2.24) is 9.80 Å². The summed E-state index contributed by atoms with van der Waals surface area (Å²) in [6.45, 7) is 4.73. The molecule has 4 aliphatic carbocycles. The van der Waals surface area contributed by atoms with Crippen molar-refractivity contribution in [1.29, 1.82) is 0 Å². The molecule has 4 bridgehead atoms. The van der Waals surface area contributed by atoms with E-state index in [1.807, 2.05) is 19.2 Å². The highest BCUT2D eigenvalue weighted by molar-refractivity contribution is 7.88. The van der Waals surface area contributed by atoms with Crippen LogP contribution < -0.4 is 8.37 Å². The first-order valence-electron chi connectivity index (χ1n) is 18.7. The molecule has 304 valence electrons. The Labute approximate surface area is 318 Å². The number of hydrogen-bond acceptors (Lipinski definition) is 9. The van der Waals surface area contributed by atoms with Gasteiger partial charge in [-0.15, -0.1) is 0 Å². The maximum Gasteiger partial charge on any atom is 0.534 e. The molecule has 4 fully saturated rings. The maximum absolute atomic E-state index is 13.0. The highest BCUT2D eigenvalue weighted by Crippen LogP contribution is 2.60. The second-order valence-corrected chi connectivity index (χ2v) is 19.6. The van der Waals surface area contributed by atoms with Gasteiger partial charge in [-0.3, -0.25) is 4.79 Å². The molecule has 0 spiro atoms. The van der Waals surface area contributed by atoms with E-state index in [-0.39, 0.29) is 41.1 Å². The van der Waals surface area contributed by atoms with E-state index in [9.17, 15) is 48.0 Å². The fraction of sp³-hybridized carbons (Fsp3) is 0.658. The maximum atomic E-state index is 13.0. The number of alkyl halides is 6. The first-order valence-corrected chi connectivity index (χ1v) is 21.5. The van der Waals surface area contributed by atoms with Crippen LogP contribution in [0.25, 0.3) is 0 Å². The van der Waals surface area contributed by atoms with Crippen LogP contribution in [0.5, 0.6) is 11.5 Å². The zero-order chi connectivity index (χ0) is 40.1. The predicted octanol–water partition coefficient (Wildman–Crippen LogP) is 7.00. The van der Waals surface area contributed by atoms with Gasteiger partial charge < -0.3 is 18.2 Å². The molecule has 0 radical (unpaired) electrons. The van der Waals surface area contributed by atoms with Crippen molar-refractivity contribution in [3.05, 3.63) is 57.6 Å². The molecule has 0 N–H and O–H groups in total. The number of fused-ring (bicyclic) bond motifs is 2. The highest BCUT2D eigenvalue weighted by atomic mass is 32.2. The third-order valence-corrected chi connectivity index (χ3v) is 15.5. The smallest absolute Gasteiger partial charge is 0.375 e. The van der Waals surface area contributed by atoms with Gasteiger partial charge in [0, 0.05) is 46.9 Å². The van der Waals surface area contributed by atoms with Crippen molar-refractivity contribution in [3.8, 4) is 11.5 Å². The number of piperidine rings is 2. The second-order valence-electron chi connectivity index (χ2n) is 16.5. The number of likely N-dealkylation sites (N-methyl/N-ethyl adjacent to an activating group) is 2.